The van der Waals surface area contributed by atoms with Gasteiger partial charge in [0, 0.05) is 103 Å². The van der Waals surface area contributed by atoms with Crippen LogP contribution in [0, 0.1) is 0 Å². The van der Waals surface area contributed by atoms with E-state index in [1.165, 1.54) is 83.1 Å². The number of aliphatic hydroxyl groups excluding tert-OH is 12. The van der Waals surface area contributed by atoms with E-state index in [9.17, 15) is 138 Å². The number of carbonyl (C=O) groups is 16. The number of carbonyl (C=O) groups excluding carboxylic acids is 16. The molecule has 0 aromatic rings. The normalized spacial score (nSPS) is 15.1. The molecule has 0 bridgehead atoms. The molecule has 0 aromatic carbocycles. The second kappa shape index (κ2) is 60.9. The van der Waals surface area contributed by atoms with E-state index in [4.69, 9.17) is 5.73 Å². The summed E-state index contributed by atoms with van der Waals surface area (Å²) < 4.78 is 0. The highest BCUT2D eigenvalue weighted by atomic mass is 16.3. The third kappa shape index (κ3) is 48.1. The van der Waals surface area contributed by atoms with E-state index in [1.807, 2.05) is 13.8 Å². The Morgan fingerprint density at radius 2 is 0.333 bits per heavy atom. The number of nitrogens with zero attached hydrogens (tertiary/aromatic N) is 15. The lowest BCUT2D eigenvalue weighted by molar-refractivity contribution is -0.152. The van der Waals surface area contributed by atoms with Gasteiger partial charge in [-0.25, -0.2) is 0 Å². The van der Waals surface area contributed by atoms with E-state index in [1.54, 1.807) is 41.5 Å². The van der Waals surface area contributed by atoms with Crippen molar-refractivity contribution in [2.24, 2.45) is 5.73 Å². The van der Waals surface area contributed by atoms with Gasteiger partial charge in [-0.15, -0.1) is 0 Å². The van der Waals surface area contributed by atoms with E-state index in [0.717, 1.165) is 73.5 Å². The third-order valence-electron chi connectivity index (χ3n) is 20.4. The first kappa shape index (κ1) is 120. The highest BCUT2D eigenvalue weighted by Crippen LogP contribution is 2.17. The van der Waals surface area contributed by atoms with Crippen LogP contribution >= 0.6 is 0 Å². The molecular formula is C84H155N17O28. The van der Waals surface area contributed by atoms with Crippen molar-refractivity contribution in [2.45, 2.75) is 262 Å². The molecule has 0 radical (unpaired) electrons. The van der Waals surface area contributed by atoms with Crippen LogP contribution in [0.2, 0.25) is 0 Å². The Labute approximate surface area is 758 Å². The highest BCUT2D eigenvalue weighted by molar-refractivity contribution is 5.97. The van der Waals surface area contributed by atoms with Crippen molar-refractivity contribution in [3.05, 3.63) is 0 Å². The van der Waals surface area contributed by atoms with Crippen LogP contribution in [-0.2, 0) is 76.7 Å². The summed E-state index contributed by atoms with van der Waals surface area (Å²) >= 11 is 0. The Morgan fingerprint density at radius 1 is 0.202 bits per heavy atom. The maximum Gasteiger partial charge on any atom is 0.242 e. The fourth-order valence-corrected chi connectivity index (χ4v) is 13.3. The van der Waals surface area contributed by atoms with Gasteiger partial charge in [-0.05, 0) is 136 Å². The minimum Gasteiger partial charge on any atom is -0.392 e. The average molecular weight is 1850 g/mol. The highest BCUT2D eigenvalue weighted by Gasteiger charge is 2.39. The molecule has 0 heterocycles. The number of hydrogen-bond acceptors (Lipinski definition) is 29. The van der Waals surface area contributed by atoms with Crippen molar-refractivity contribution in [2.75, 3.05) is 183 Å². The van der Waals surface area contributed by atoms with Gasteiger partial charge in [0.05, 0.1) is 158 Å². The average Bonchev–Trinajstić information content (AvgIpc) is 0.847. The molecule has 0 aliphatic rings. The predicted octanol–water partition coefficient (Wildman–Crippen LogP) is -7.75. The van der Waals surface area contributed by atoms with Crippen LogP contribution in [-0.4, -0.2) is 510 Å². The molecule has 45 nitrogen and oxygen atoms in total. The van der Waals surface area contributed by atoms with Crippen LogP contribution < -0.4 is 11.1 Å². The number of aliphatic hydroxyl groups is 12. The predicted molar refractivity (Wildman–Crippen MR) is 470 cm³/mol. The zero-order valence-corrected chi connectivity index (χ0v) is 79.5. The molecule has 0 saturated heterocycles. The molecule has 16 amide bonds. The minimum atomic E-state index is -1.36. The van der Waals surface area contributed by atoms with Gasteiger partial charge in [0.2, 0.25) is 94.5 Å². The van der Waals surface area contributed by atoms with E-state index in [0.29, 0.717) is 6.42 Å². The Kier molecular flexibility index (Phi) is 56.6. The number of nitrogens with one attached hydrogen (secondary N) is 1. The molecule has 0 fully saturated rings. The lowest BCUT2D eigenvalue weighted by atomic mass is 10.2. The first-order valence-corrected chi connectivity index (χ1v) is 44.2. The summed E-state index contributed by atoms with van der Waals surface area (Å²) in [5, 5.41) is 130. The van der Waals surface area contributed by atoms with Crippen molar-refractivity contribution in [1.82, 2.24) is 78.8 Å². The standard InChI is InChI=1S/C84H155N17O28/c1-21-53(5)86-25-70(115)88(27-58(10)103)39-72(117)90(29-60(12)105)41-76(121)96(35-66(18)111)47-82(127)100(55(7)23-3)51-80(125)94(33-64(16)109)45-74(119)92(31-62(14)107)43-78(123)98(37-68(20)113)49-84(129)101(56(8)24-4)52-81(126)95(34-65(17)110)46-75(120)91(30-61(13)106)42-77(122)97(36-67(19)112)48-83(128)99(54(6)22-2)50-79(124)93(32-63(15)108)44-73(118)89(28-59(11)104)40-71(116)87(26-57(9)102)38-69(85)114/h53-68,86,102-113H,21-52H2,1-20H3,(H2,85,114). The van der Waals surface area contributed by atoms with Crippen molar-refractivity contribution in [1.29, 1.82) is 0 Å². The summed E-state index contributed by atoms with van der Waals surface area (Å²) in [5.41, 5.74) is 5.33. The van der Waals surface area contributed by atoms with Crippen molar-refractivity contribution in [3.8, 4) is 0 Å². The van der Waals surface area contributed by atoms with Crippen LogP contribution in [0.1, 0.15) is 164 Å². The number of rotatable bonds is 64. The van der Waals surface area contributed by atoms with Gasteiger partial charge >= 0.3 is 0 Å². The SMILES string of the molecule is CCC(C)NCC(=O)N(CC(=O)N(CC(=O)N(CC(=O)N(CC(=O)N(CC(=O)N(CC(=O)N(CC(=O)N(CC(=O)N(CC(=O)N(CC(=O)N(CC(=O)N(CC(=O)N(CC(=O)N(CC(=O)N(CC(N)=O)CC(C)O)CC(C)O)CC(C)O)C(C)CC)CC(C)O)CC(C)O)CC(C)O)C(C)CC)CC(C)O)CC(C)O)CC(C)O)C(C)CC)CC(C)O)CC(C)O)CC(C)O. The van der Waals surface area contributed by atoms with Crippen LogP contribution in [0.3, 0.4) is 0 Å². The smallest absolute Gasteiger partial charge is 0.242 e. The summed E-state index contributed by atoms with van der Waals surface area (Å²) in [4.78, 5) is 241. The number of hydrogen-bond donors (Lipinski definition) is 14. The zero-order chi connectivity index (χ0) is 99.5. The molecule has 0 aromatic heterocycles. The van der Waals surface area contributed by atoms with E-state index in [-0.39, 0.29) is 44.9 Å². The quantitative estimate of drug-likeness (QED) is 0.0269. The number of amides is 16. The van der Waals surface area contributed by atoms with Gasteiger partial charge in [0.1, 0.15) is 19.6 Å². The fourth-order valence-electron chi connectivity index (χ4n) is 13.3. The molecule has 0 saturated carbocycles. The molecule has 0 aliphatic heterocycles. The summed E-state index contributed by atoms with van der Waals surface area (Å²) in [6.07, 6.45) is -14.0. The van der Waals surface area contributed by atoms with Gasteiger partial charge in [-0.3, -0.25) is 76.7 Å². The minimum absolute atomic E-state index is 0.0656. The van der Waals surface area contributed by atoms with Gasteiger partial charge < -0.3 is 146 Å². The summed E-state index contributed by atoms with van der Waals surface area (Å²) in [6.45, 7) is 11.0. The molecule has 15 N–H and O–H groups in total. The summed E-state index contributed by atoms with van der Waals surface area (Å²) in [5.74, 6) is -14.4. The Hall–Kier alpha value is -9.00. The van der Waals surface area contributed by atoms with Crippen molar-refractivity contribution in [3.63, 3.8) is 0 Å². The van der Waals surface area contributed by atoms with Gasteiger partial charge in [0.25, 0.3) is 0 Å². The topological polar surface area (TPSA) is 603 Å². The van der Waals surface area contributed by atoms with Crippen LogP contribution in [0.15, 0.2) is 0 Å². The van der Waals surface area contributed by atoms with E-state index < -0.39 is 350 Å². The summed E-state index contributed by atoms with van der Waals surface area (Å²) in [6, 6.07) is -2.43. The zero-order valence-electron chi connectivity index (χ0n) is 79.5. The Balaban J connectivity index is 7.32. The van der Waals surface area contributed by atoms with Crippen molar-refractivity contribution < 1.29 is 138 Å². The molecule has 16 unspecified atom stereocenters. The maximum atomic E-state index is 14.8. The Morgan fingerprint density at radius 3 is 0.465 bits per heavy atom. The third-order valence-corrected chi connectivity index (χ3v) is 20.4. The van der Waals surface area contributed by atoms with Gasteiger partial charge in [-0.2, -0.15) is 0 Å². The lowest BCUT2D eigenvalue weighted by Gasteiger charge is -2.36. The van der Waals surface area contributed by atoms with Crippen LogP contribution in [0.25, 0.3) is 0 Å². The second-order valence-electron chi connectivity index (χ2n) is 34.5. The van der Waals surface area contributed by atoms with Crippen molar-refractivity contribution >= 4 is 94.5 Å². The molecule has 0 aliphatic carbocycles. The molecule has 0 spiro atoms. The molecular weight excluding hydrogens is 1700 g/mol. The van der Waals surface area contributed by atoms with E-state index in [2.05, 4.69) is 5.32 Å². The largest absolute Gasteiger partial charge is 0.392 e. The first-order chi connectivity index (χ1) is 59.8. The molecule has 45 heteroatoms. The van der Waals surface area contributed by atoms with E-state index >= 15 is 0 Å². The maximum absolute atomic E-state index is 14.8. The number of nitrogens with two attached hydrogens (primary N) is 1. The number of primary amides is 1. The van der Waals surface area contributed by atoms with Gasteiger partial charge in [-0.1, -0.05) is 27.7 Å². The molecule has 0 rings (SSSR count). The molecule has 744 valence electrons. The first-order valence-electron chi connectivity index (χ1n) is 44.2. The van der Waals surface area contributed by atoms with Crippen LogP contribution in [0.5, 0.6) is 0 Å². The lowest BCUT2D eigenvalue weighted by Crippen LogP contribution is -2.56. The second-order valence-corrected chi connectivity index (χ2v) is 34.5. The molecule has 129 heavy (non-hydrogen) atoms. The van der Waals surface area contributed by atoms with Gasteiger partial charge in [0.15, 0.2) is 0 Å². The summed E-state index contributed by atoms with van der Waals surface area (Å²) in [7, 11) is 0. The Bertz CT molecular complexity index is 3530. The van der Waals surface area contributed by atoms with Crippen LogP contribution in [0.4, 0.5) is 0 Å². The fraction of sp³-hybridized carbons (Fsp3) is 0.810. The molecule has 16 atom stereocenters. The monoisotopic (exact) mass is 1850 g/mol.